The summed E-state index contributed by atoms with van der Waals surface area (Å²) in [6, 6.07) is 10.4. The second-order valence-corrected chi connectivity index (χ2v) is 6.44. The van der Waals surface area contributed by atoms with Gasteiger partial charge < -0.3 is 14.7 Å². The predicted octanol–water partition coefficient (Wildman–Crippen LogP) is 1.97. The van der Waals surface area contributed by atoms with E-state index in [9.17, 15) is 14.7 Å². The highest BCUT2D eigenvalue weighted by atomic mass is 32.1. The van der Waals surface area contributed by atoms with Gasteiger partial charge in [0.05, 0.1) is 25.0 Å². The second kappa shape index (κ2) is 7.08. The summed E-state index contributed by atoms with van der Waals surface area (Å²) in [7, 11) is 3.25. The number of carbonyl (C=O) groups is 2. The number of imide groups is 1. The van der Waals surface area contributed by atoms with Gasteiger partial charge in [-0.15, -0.1) is 11.3 Å². The van der Waals surface area contributed by atoms with E-state index in [4.69, 9.17) is 4.74 Å². The van der Waals surface area contributed by atoms with Crippen LogP contribution in [0, 0.1) is 0 Å². The van der Waals surface area contributed by atoms with Crippen LogP contribution < -0.4 is 9.64 Å². The standard InChI is InChI=1S/C18H18N2O4S/c1-19(9-10-21)16-15(14-4-3-11-25-14)17(22)20(18(16)23)12-5-7-13(24-2)8-6-12/h3-8,11,21H,9-10H2,1-2H3. The molecule has 2 aromatic rings. The fourth-order valence-electron chi connectivity index (χ4n) is 2.74. The van der Waals surface area contributed by atoms with Crippen molar-refractivity contribution in [2.75, 3.05) is 32.2 Å². The molecule has 0 spiro atoms. The van der Waals surface area contributed by atoms with Gasteiger partial charge in [-0.25, -0.2) is 4.90 Å². The Hall–Kier alpha value is -2.64. The van der Waals surface area contributed by atoms with E-state index in [1.54, 1.807) is 43.3 Å². The van der Waals surface area contributed by atoms with E-state index in [2.05, 4.69) is 0 Å². The normalized spacial score (nSPS) is 14.4. The van der Waals surface area contributed by atoms with Crippen molar-refractivity contribution in [3.8, 4) is 5.75 Å². The smallest absolute Gasteiger partial charge is 0.282 e. The third-order valence-corrected chi connectivity index (χ3v) is 4.86. The number of anilines is 1. The number of hydrogen-bond acceptors (Lipinski definition) is 6. The monoisotopic (exact) mass is 358 g/mol. The SMILES string of the molecule is COc1ccc(N2C(=O)C(c3cccs3)=C(N(C)CCO)C2=O)cc1. The van der Waals surface area contributed by atoms with Crippen LogP contribution in [0.5, 0.6) is 5.75 Å². The van der Waals surface area contributed by atoms with E-state index in [0.29, 0.717) is 22.7 Å². The minimum atomic E-state index is -0.394. The first-order valence-electron chi connectivity index (χ1n) is 7.71. The largest absolute Gasteiger partial charge is 0.497 e. The number of likely N-dealkylation sites (N-methyl/N-ethyl adjacent to an activating group) is 1. The van der Waals surface area contributed by atoms with Crippen molar-refractivity contribution in [2.24, 2.45) is 0 Å². The minimum Gasteiger partial charge on any atom is -0.497 e. The Morgan fingerprint density at radius 3 is 2.44 bits per heavy atom. The van der Waals surface area contributed by atoms with Gasteiger partial charge >= 0.3 is 0 Å². The number of ether oxygens (including phenoxy) is 1. The Bertz CT molecular complexity index is 812. The van der Waals surface area contributed by atoms with Gasteiger partial charge in [-0.1, -0.05) is 6.07 Å². The van der Waals surface area contributed by atoms with Gasteiger partial charge in [-0.2, -0.15) is 0 Å². The molecule has 3 rings (SSSR count). The molecular weight excluding hydrogens is 340 g/mol. The van der Waals surface area contributed by atoms with Crippen LogP contribution >= 0.6 is 11.3 Å². The van der Waals surface area contributed by atoms with E-state index in [1.807, 2.05) is 17.5 Å². The number of thiophene rings is 1. The molecule has 0 saturated heterocycles. The maximum atomic E-state index is 13.0. The summed E-state index contributed by atoms with van der Waals surface area (Å²) in [5, 5.41) is 11.1. The summed E-state index contributed by atoms with van der Waals surface area (Å²) in [6.45, 7) is 0.154. The van der Waals surface area contributed by atoms with E-state index < -0.39 is 5.91 Å². The molecule has 2 heterocycles. The summed E-state index contributed by atoms with van der Waals surface area (Å²) in [4.78, 5) is 29.5. The summed E-state index contributed by atoms with van der Waals surface area (Å²) in [6.07, 6.45) is 0. The first-order chi connectivity index (χ1) is 12.1. The quantitative estimate of drug-likeness (QED) is 0.800. The summed E-state index contributed by atoms with van der Waals surface area (Å²) in [5.74, 6) is -0.112. The zero-order chi connectivity index (χ0) is 18.0. The number of hydrogen-bond donors (Lipinski definition) is 1. The molecule has 1 aromatic heterocycles. The highest BCUT2D eigenvalue weighted by Gasteiger charge is 2.42. The Morgan fingerprint density at radius 1 is 1.16 bits per heavy atom. The number of amides is 2. The Labute approximate surface area is 149 Å². The van der Waals surface area contributed by atoms with Gasteiger partial charge in [0, 0.05) is 18.5 Å². The molecule has 0 aliphatic carbocycles. The molecule has 1 aliphatic heterocycles. The number of aliphatic hydroxyl groups is 1. The third kappa shape index (κ3) is 3.04. The van der Waals surface area contributed by atoms with Gasteiger partial charge in [-0.3, -0.25) is 9.59 Å². The molecule has 0 bridgehead atoms. The summed E-state index contributed by atoms with van der Waals surface area (Å²) < 4.78 is 5.12. The first kappa shape index (κ1) is 17.2. The fraction of sp³-hybridized carbons (Fsp3) is 0.222. The lowest BCUT2D eigenvalue weighted by molar-refractivity contribution is -0.120. The zero-order valence-corrected chi connectivity index (χ0v) is 14.7. The molecule has 7 heteroatoms. The predicted molar refractivity (Wildman–Crippen MR) is 96.4 cm³/mol. The molecule has 1 aromatic carbocycles. The molecule has 0 atom stereocenters. The van der Waals surface area contributed by atoms with Crippen molar-refractivity contribution >= 4 is 34.4 Å². The Balaban J connectivity index is 2.05. The molecule has 0 saturated carbocycles. The zero-order valence-electron chi connectivity index (χ0n) is 13.9. The van der Waals surface area contributed by atoms with Crippen LogP contribution in [-0.2, 0) is 9.59 Å². The Morgan fingerprint density at radius 2 is 1.88 bits per heavy atom. The van der Waals surface area contributed by atoms with Gasteiger partial charge in [0.1, 0.15) is 11.4 Å². The van der Waals surface area contributed by atoms with E-state index in [0.717, 1.165) is 9.78 Å². The van der Waals surface area contributed by atoms with Crippen molar-refractivity contribution < 1.29 is 19.4 Å². The average Bonchev–Trinajstić information content (AvgIpc) is 3.21. The molecule has 6 nitrogen and oxygen atoms in total. The van der Waals surface area contributed by atoms with Crippen LogP contribution in [0.15, 0.2) is 47.5 Å². The fourth-order valence-corrected chi connectivity index (χ4v) is 3.51. The van der Waals surface area contributed by atoms with Gasteiger partial charge in [-0.05, 0) is 35.7 Å². The van der Waals surface area contributed by atoms with Gasteiger partial charge in [0.15, 0.2) is 0 Å². The van der Waals surface area contributed by atoms with E-state index >= 15 is 0 Å². The Kier molecular flexibility index (Phi) is 4.87. The molecule has 1 N–H and O–H groups in total. The number of methoxy groups -OCH3 is 1. The molecule has 25 heavy (non-hydrogen) atoms. The number of benzene rings is 1. The molecule has 2 amide bonds. The van der Waals surface area contributed by atoms with Crippen molar-refractivity contribution in [3.63, 3.8) is 0 Å². The maximum Gasteiger partial charge on any atom is 0.282 e. The van der Waals surface area contributed by atoms with Crippen molar-refractivity contribution in [3.05, 3.63) is 52.4 Å². The maximum absolute atomic E-state index is 13.0. The third-order valence-electron chi connectivity index (χ3n) is 3.97. The lowest BCUT2D eigenvalue weighted by Crippen LogP contribution is -2.34. The summed E-state index contributed by atoms with van der Waals surface area (Å²) in [5.41, 5.74) is 1.15. The summed E-state index contributed by atoms with van der Waals surface area (Å²) >= 11 is 1.40. The van der Waals surface area contributed by atoms with E-state index in [1.165, 1.54) is 11.3 Å². The van der Waals surface area contributed by atoms with Gasteiger partial charge in [0.2, 0.25) is 0 Å². The topological polar surface area (TPSA) is 70.1 Å². The van der Waals surface area contributed by atoms with Crippen molar-refractivity contribution in [1.82, 2.24) is 4.90 Å². The van der Waals surface area contributed by atoms with E-state index in [-0.39, 0.29) is 19.1 Å². The minimum absolute atomic E-state index is 0.109. The highest BCUT2D eigenvalue weighted by Crippen LogP contribution is 2.36. The average molecular weight is 358 g/mol. The highest BCUT2D eigenvalue weighted by molar-refractivity contribution is 7.11. The number of carbonyl (C=O) groups excluding carboxylic acids is 2. The van der Waals surface area contributed by atoms with Gasteiger partial charge in [0.25, 0.3) is 11.8 Å². The second-order valence-electron chi connectivity index (χ2n) is 5.49. The molecular formula is C18H18N2O4S. The van der Waals surface area contributed by atoms with Crippen molar-refractivity contribution in [2.45, 2.75) is 0 Å². The van der Waals surface area contributed by atoms with Crippen LogP contribution in [0.3, 0.4) is 0 Å². The molecule has 0 radical (unpaired) electrons. The lowest BCUT2D eigenvalue weighted by Gasteiger charge is -2.20. The first-order valence-corrected chi connectivity index (χ1v) is 8.59. The lowest BCUT2D eigenvalue weighted by atomic mass is 10.2. The number of aliphatic hydroxyl groups excluding tert-OH is 1. The number of rotatable bonds is 6. The number of nitrogens with zero attached hydrogens (tertiary/aromatic N) is 2. The molecule has 0 fully saturated rings. The van der Waals surface area contributed by atoms with Crippen LogP contribution in [0.1, 0.15) is 4.88 Å². The van der Waals surface area contributed by atoms with Crippen LogP contribution in [0.4, 0.5) is 5.69 Å². The van der Waals surface area contributed by atoms with Crippen LogP contribution in [0.2, 0.25) is 0 Å². The molecule has 0 unspecified atom stereocenters. The van der Waals surface area contributed by atoms with Crippen molar-refractivity contribution in [1.29, 1.82) is 0 Å². The molecule has 130 valence electrons. The van der Waals surface area contributed by atoms with Crippen LogP contribution in [-0.4, -0.2) is 49.1 Å². The molecule has 1 aliphatic rings. The van der Waals surface area contributed by atoms with Crippen LogP contribution in [0.25, 0.3) is 5.57 Å².